The van der Waals surface area contributed by atoms with Crippen LogP contribution in [0.25, 0.3) is 0 Å². The normalized spacial score (nSPS) is 26.8. The maximum Gasteiger partial charge on any atom is 0.184 e. The van der Waals surface area contributed by atoms with Crippen molar-refractivity contribution in [3.63, 3.8) is 0 Å². The van der Waals surface area contributed by atoms with Crippen LogP contribution in [0.3, 0.4) is 0 Å². The molecule has 2 rings (SSSR count). The first-order valence-corrected chi connectivity index (χ1v) is 5.29. The molecular formula is C13H14O3. The molecule has 1 aliphatic rings. The molecule has 1 aliphatic heterocycles. The molecule has 0 saturated heterocycles. The fourth-order valence-corrected chi connectivity index (χ4v) is 1.83. The van der Waals surface area contributed by atoms with E-state index in [9.17, 15) is 9.90 Å². The molecule has 0 fully saturated rings. The van der Waals surface area contributed by atoms with Gasteiger partial charge in [0.25, 0.3) is 0 Å². The summed E-state index contributed by atoms with van der Waals surface area (Å²) < 4.78 is 5.23. The molecule has 3 nitrogen and oxygen atoms in total. The van der Waals surface area contributed by atoms with E-state index < -0.39 is 12.4 Å². The van der Waals surface area contributed by atoms with Crippen LogP contribution in [-0.2, 0) is 9.53 Å². The van der Waals surface area contributed by atoms with Crippen LogP contribution in [0.15, 0.2) is 42.5 Å². The minimum Gasteiger partial charge on any atom is -0.365 e. The molecule has 0 spiro atoms. The highest BCUT2D eigenvalue weighted by Gasteiger charge is 2.30. The van der Waals surface area contributed by atoms with Crippen LogP contribution in [-0.4, -0.2) is 23.3 Å². The molecule has 16 heavy (non-hydrogen) atoms. The zero-order valence-electron chi connectivity index (χ0n) is 9.04. The maximum absolute atomic E-state index is 11.6. The highest BCUT2D eigenvalue weighted by Crippen LogP contribution is 2.25. The number of rotatable bonds is 2. The van der Waals surface area contributed by atoms with Crippen molar-refractivity contribution >= 4 is 5.78 Å². The predicted molar refractivity (Wildman–Crippen MR) is 59.9 cm³/mol. The van der Waals surface area contributed by atoms with E-state index in [1.807, 2.05) is 37.3 Å². The third-order valence-corrected chi connectivity index (χ3v) is 2.77. The molecule has 0 bridgehead atoms. The zero-order chi connectivity index (χ0) is 11.5. The second kappa shape index (κ2) is 4.60. The van der Waals surface area contributed by atoms with Gasteiger partial charge in [-0.15, -0.1) is 0 Å². The molecule has 0 aliphatic carbocycles. The van der Waals surface area contributed by atoms with Gasteiger partial charge in [0, 0.05) is 5.92 Å². The van der Waals surface area contributed by atoms with E-state index in [0.29, 0.717) is 0 Å². The molecule has 3 heteroatoms. The van der Waals surface area contributed by atoms with E-state index in [4.69, 9.17) is 4.74 Å². The average molecular weight is 218 g/mol. The van der Waals surface area contributed by atoms with Crippen molar-refractivity contribution in [1.82, 2.24) is 0 Å². The Labute approximate surface area is 94.4 Å². The van der Waals surface area contributed by atoms with Gasteiger partial charge < -0.3 is 9.84 Å². The Morgan fingerprint density at radius 2 is 2.00 bits per heavy atom. The molecule has 0 aromatic heterocycles. The Morgan fingerprint density at radius 3 is 2.69 bits per heavy atom. The van der Waals surface area contributed by atoms with Gasteiger partial charge in [-0.05, 0) is 17.7 Å². The molecule has 3 atom stereocenters. The number of carbonyl (C=O) groups is 1. The minimum absolute atomic E-state index is 0.0618. The Kier molecular flexibility index (Phi) is 3.17. The predicted octanol–water partition coefficient (Wildman–Crippen LogP) is 1.63. The number of benzene rings is 1. The third-order valence-electron chi connectivity index (χ3n) is 2.77. The highest BCUT2D eigenvalue weighted by molar-refractivity contribution is 5.95. The van der Waals surface area contributed by atoms with Crippen molar-refractivity contribution in [2.24, 2.45) is 0 Å². The lowest BCUT2D eigenvalue weighted by Crippen LogP contribution is -2.35. The highest BCUT2D eigenvalue weighted by atomic mass is 16.6. The average Bonchev–Trinajstić information content (AvgIpc) is 2.32. The van der Waals surface area contributed by atoms with Crippen LogP contribution in [0.4, 0.5) is 0 Å². The van der Waals surface area contributed by atoms with Crippen molar-refractivity contribution in [3.05, 3.63) is 48.0 Å². The van der Waals surface area contributed by atoms with Gasteiger partial charge in [0.2, 0.25) is 0 Å². The number of aliphatic hydroxyl groups is 1. The van der Waals surface area contributed by atoms with E-state index in [1.54, 1.807) is 0 Å². The van der Waals surface area contributed by atoms with Gasteiger partial charge in [0.1, 0.15) is 6.10 Å². The van der Waals surface area contributed by atoms with Crippen molar-refractivity contribution in [3.8, 4) is 0 Å². The van der Waals surface area contributed by atoms with E-state index >= 15 is 0 Å². The summed E-state index contributed by atoms with van der Waals surface area (Å²) in [5.74, 6) is -0.157. The van der Waals surface area contributed by atoms with E-state index in [0.717, 1.165) is 5.56 Å². The third kappa shape index (κ3) is 2.21. The van der Waals surface area contributed by atoms with Gasteiger partial charge in [0.05, 0.1) is 0 Å². The first-order chi connectivity index (χ1) is 7.68. The summed E-state index contributed by atoms with van der Waals surface area (Å²) >= 11 is 0. The quantitative estimate of drug-likeness (QED) is 0.820. The maximum atomic E-state index is 11.6. The summed E-state index contributed by atoms with van der Waals surface area (Å²) in [6, 6.07) is 9.67. The number of hydrogen-bond acceptors (Lipinski definition) is 3. The molecular weight excluding hydrogens is 204 g/mol. The monoisotopic (exact) mass is 218 g/mol. The van der Waals surface area contributed by atoms with Gasteiger partial charge in [-0.2, -0.15) is 0 Å². The standard InChI is InChI=1S/C13H14O3/c1-9(10-5-3-2-4-6-10)13-11(14)7-8-12(15)16-13/h2-9,12-13,15H,1H3/t9-,12+,13+/m1/s1. The number of ketones is 1. The summed E-state index contributed by atoms with van der Waals surface area (Å²) in [4.78, 5) is 11.6. The Bertz CT molecular complexity index is 397. The van der Waals surface area contributed by atoms with E-state index in [1.165, 1.54) is 12.2 Å². The summed E-state index contributed by atoms with van der Waals surface area (Å²) in [6.45, 7) is 1.92. The molecule has 0 saturated carbocycles. The Balaban J connectivity index is 2.19. The molecule has 0 unspecified atom stereocenters. The molecule has 1 aromatic rings. The molecule has 0 amide bonds. The van der Waals surface area contributed by atoms with Crippen LogP contribution in [0, 0.1) is 0 Å². The van der Waals surface area contributed by atoms with Crippen LogP contribution >= 0.6 is 0 Å². The van der Waals surface area contributed by atoms with Crippen LogP contribution in [0.5, 0.6) is 0 Å². The SMILES string of the molecule is C[C@H](c1ccccc1)[C@@H]1O[C@H](O)C=CC1=O. The number of hydrogen-bond donors (Lipinski definition) is 1. The van der Waals surface area contributed by atoms with Gasteiger partial charge in [-0.25, -0.2) is 0 Å². The summed E-state index contributed by atoms with van der Waals surface area (Å²) in [6.07, 6.45) is 1.17. The second-order valence-electron chi connectivity index (χ2n) is 3.91. The Morgan fingerprint density at radius 1 is 1.31 bits per heavy atom. The van der Waals surface area contributed by atoms with Crippen molar-refractivity contribution in [1.29, 1.82) is 0 Å². The van der Waals surface area contributed by atoms with E-state index in [2.05, 4.69) is 0 Å². The summed E-state index contributed by atoms with van der Waals surface area (Å²) in [5.41, 5.74) is 1.03. The van der Waals surface area contributed by atoms with Gasteiger partial charge in [-0.3, -0.25) is 4.79 Å². The van der Waals surface area contributed by atoms with Crippen LogP contribution in [0.1, 0.15) is 18.4 Å². The molecule has 1 heterocycles. The topological polar surface area (TPSA) is 46.5 Å². The fraction of sp³-hybridized carbons (Fsp3) is 0.308. The van der Waals surface area contributed by atoms with Gasteiger partial charge in [-0.1, -0.05) is 37.3 Å². The largest absolute Gasteiger partial charge is 0.365 e. The van der Waals surface area contributed by atoms with Crippen molar-refractivity contribution < 1.29 is 14.6 Å². The lowest BCUT2D eigenvalue weighted by atomic mass is 9.92. The van der Waals surface area contributed by atoms with E-state index in [-0.39, 0.29) is 11.7 Å². The fourth-order valence-electron chi connectivity index (χ4n) is 1.83. The number of aliphatic hydroxyl groups excluding tert-OH is 1. The second-order valence-corrected chi connectivity index (χ2v) is 3.91. The summed E-state index contributed by atoms with van der Waals surface area (Å²) in [7, 11) is 0. The first kappa shape index (κ1) is 11.0. The number of ether oxygens (including phenoxy) is 1. The number of carbonyl (C=O) groups excluding carboxylic acids is 1. The minimum atomic E-state index is -0.978. The summed E-state index contributed by atoms with van der Waals surface area (Å²) in [5, 5.41) is 9.33. The lowest BCUT2D eigenvalue weighted by Gasteiger charge is -2.26. The van der Waals surface area contributed by atoms with Gasteiger partial charge >= 0.3 is 0 Å². The Hall–Kier alpha value is -1.45. The van der Waals surface area contributed by atoms with Crippen molar-refractivity contribution in [2.45, 2.75) is 25.2 Å². The first-order valence-electron chi connectivity index (χ1n) is 5.29. The molecule has 0 radical (unpaired) electrons. The smallest absolute Gasteiger partial charge is 0.184 e. The molecule has 84 valence electrons. The van der Waals surface area contributed by atoms with Crippen molar-refractivity contribution in [2.75, 3.05) is 0 Å². The zero-order valence-corrected chi connectivity index (χ0v) is 9.04. The van der Waals surface area contributed by atoms with Crippen LogP contribution in [0.2, 0.25) is 0 Å². The molecule has 1 N–H and O–H groups in total. The lowest BCUT2D eigenvalue weighted by molar-refractivity contribution is -0.150. The van der Waals surface area contributed by atoms with Crippen LogP contribution < -0.4 is 0 Å². The van der Waals surface area contributed by atoms with Gasteiger partial charge in [0.15, 0.2) is 12.1 Å². The molecule has 1 aromatic carbocycles.